The lowest BCUT2D eigenvalue weighted by Gasteiger charge is -2.32. The summed E-state index contributed by atoms with van der Waals surface area (Å²) >= 11 is 0. The fourth-order valence-corrected chi connectivity index (χ4v) is 2.85. The van der Waals surface area contributed by atoms with Gasteiger partial charge in [0.05, 0.1) is 6.61 Å². The molecular weight excluding hydrogens is 318 g/mol. The van der Waals surface area contributed by atoms with Gasteiger partial charge in [0.25, 0.3) is 0 Å². The monoisotopic (exact) mass is 347 g/mol. The van der Waals surface area contributed by atoms with Crippen LogP contribution in [0.3, 0.4) is 0 Å². The van der Waals surface area contributed by atoms with Crippen LogP contribution in [-0.4, -0.2) is 48.6 Å². The molecule has 138 valence electrons. The number of ether oxygens (including phenoxy) is 1. The maximum Gasteiger partial charge on any atom is 0.315 e. The Balaban J connectivity index is 1.60. The van der Waals surface area contributed by atoms with E-state index in [1.807, 2.05) is 49.1 Å². The van der Waals surface area contributed by atoms with Crippen LogP contribution >= 0.6 is 0 Å². The molecule has 1 aromatic carbocycles. The van der Waals surface area contributed by atoms with E-state index in [0.717, 1.165) is 18.6 Å². The highest BCUT2D eigenvalue weighted by Gasteiger charge is 2.23. The minimum atomic E-state index is -0.127. The molecule has 6 nitrogen and oxygen atoms in total. The van der Waals surface area contributed by atoms with Crippen LogP contribution < -0.4 is 15.4 Å². The van der Waals surface area contributed by atoms with Crippen LogP contribution in [0.15, 0.2) is 30.3 Å². The molecule has 1 aliphatic heterocycles. The summed E-state index contributed by atoms with van der Waals surface area (Å²) in [6.07, 6.45) is 2.82. The predicted octanol–water partition coefficient (Wildman–Crippen LogP) is 2.54. The first kappa shape index (κ1) is 19.1. The first-order valence-electron chi connectivity index (χ1n) is 9.07. The minimum Gasteiger partial charge on any atom is -0.494 e. The van der Waals surface area contributed by atoms with Crippen LogP contribution in [-0.2, 0) is 4.79 Å². The molecule has 0 spiro atoms. The van der Waals surface area contributed by atoms with E-state index in [4.69, 9.17) is 4.74 Å². The van der Waals surface area contributed by atoms with Crippen LogP contribution in [0, 0.1) is 0 Å². The van der Waals surface area contributed by atoms with E-state index >= 15 is 0 Å². The fraction of sp³-hybridized carbons (Fsp3) is 0.579. The van der Waals surface area contributed by atoms with Gasteiger partial charge in [0.2, 0.25) is 5.91 Å². The molecule has 1 heterocycles. The van der Waals surface area contributed by atoms with E-state index in [-0.39, 0.29) is 24.0 Å². The molecular formula is C19H29N3O3. The number of urea groups is 1. The van der Waals surface area contributed by atoms with Gasteiger partial charge in [-0.15, -0.1) is 0 Å². The number of hydrogen-bond donors (Lipinski definition) is 2. The summed E-state index contributed by atoms with van der Waals surface area (Å²) in [5.41, 5.74) is 0. The Hall–Kier alpha value is -2.24. The summed E-state index contributed by atoms with van der Waals surface area (Å²) in [5, 5.41) is 5.80. The number of carbonyl (C=O) groups is 2. The van der Waals surface area contributed by atoms with Crippen molar-refractivity contribution in [3.05, 3.63) is 30.3 Å². The van der Waals surface area contributed by atoms with Crippen LogP contribution in [0.1, 0.15) is 39.5 Å². The van der Waals surface area contributed by atoms with Crippen LogP contribution in [0.5, 0.6) is 5.75 Å². The number of nitrogens with zero attached hydrogens (tertiary/aromatic N) is 1. The lowest BCUT2D eigenvalue weighted by molar-refractivity contribution is -0.132. The zero-order chi connectivity index (χ0) is 18.1. The number of likely N-dealkylation sites (tertiary alicyclic amines) is 1. The van der Waals surface area contributed by atoms with E-state index in [0.29, 0.717) is 32.5 Å². The molecule has 0 aliphatic carbocycles. The van der Waals surface area contributed by atoms with Gasteiger partial charge in [-0.2, -0.15) is 0 Å². The highest BCUT2D eigenvalue weighted by molar-refractivity contribution is 5.76. The van der Waals surface area contributed by atoms with Crippen molar-refractivity contribution in [2.75, 3.05) is 19.7 Å². The Morgan fingerprint density at radius 2 is 1.88 bits per heavy atom. The third-order valence-electron chi connectivity index (χ3n) is 4.15. The predicted molar refractivity (Wildman–Crippen MR) is 97.6 cm³/mol. The summed E-state index contributed by atoms with van der Waals surface area (Å²) in [4.78, 5) is 25.9. The fourth-order valence-electron chi connectivity index (χ4n) is 2.85. The Kier molecular flexibility index (Phi) is 7.57. The Labute approximate surface area is 149 Å². The molecule has 0 aromatic heterocycles. The van der Waals surface area contributed by atoms with Gasteiger partial charge in [-0.1, -0.05) is 18.2 Å². The second-order valence-corrected chi connectivity index (χ2v) is 6.69. The topological polar surface area (TPSA) is 70.7 Å². The Morgan fingerprint density at radius 3 is 2.52 bits per heavy atom. The number of amides is 3. The van der Waals surface area contributed by atoms with E-state index in [1.54, 1.807) is 0 Å². The number of piperidine rings is 1. The first-order chi connectivity index (χ1) is 12.0. The van der Waals surface area contributed by atoms with Gasteiger partial charge in [-0.3, -0.25) is 4.79 Å². The summed E-state index contributed by atoms with van der Waals surface area (Å²) in [6, 6.07) is 9.77. The van der Waals surface area contributed by atoms with Gasteiger partial charge < -0.3 is 20.3 Å². The van der Waals surface area contributed by atoms with Gasteiger partial charge in [-0.25, -0.2) is 4.79 Å². The van der Waals surface area contributed by atoms with E-state index in [9.17, 15) is 9.59 Å². The highest BCUT2D eigenvalue weighted by atomic mass is 16.5. The molecule has 0 saturated carbocycles. The van der Waals surface area contributed by atoms with Crippen molar-refractivity contribution in [2.45, 2.75) is 51.6 Å². The standard InChI is InChI=1S/C19H29N3O3/c1-15(2)20-19(24)21-16-10-12-22(13-11-16)18(23)9-6-14-25-17-7-4-3-5-8-17/h3-5,7-8,15-16H,6,9-14H2,1-2H3,(H2,20,21,24). The average molecular weight is 347 g/mol. The summed E-state index contributed by atoms with van der Waals surface area (Å²) in [7, 11) is 0. The second kappa shape index (κ2) is 9.91. The van der Waals surface area contributed by atoms with E-state index < -0.39 is 0 Å². The molecule has 2 N–H and O–H groups in total. The normalized spacial score (nSPS) is 15.1. The smallest absolute Gasteiger partial charge is 0.315 e. The Morgan fingerprint density at radius 1 is 1.20 bits per heavy atom. The molecule has 2 rings (SSSR count). The molecule has 0 atom stereocenters. The van der Waals surface area contributed by atoms with Crippen molar-refractivity contribution in [3.8, 4) is 5.75 Å². The zero-order valence-electron chi connectivity index (χ0n) is 15.2. The average Bonchev–Trinajstić information content (AvgIpc) is 2.59. The van der Waals surface area contributed by atoms with Crippen molar-refractivity contribution in [2.24, 2.45) is 0 Å². The second-order valence-electron chi connectivity index (χ2n) is 6.69. The van der Waals surface area contributed by atoms with Gasteiger partial charge in [-0.05, 0) is 45.2 Å². The molecule has 1 aromatic rings. The molecule has 0 unspecified atom stereocenters. The van der Waals surface area contributed by atoms with Crippen LogP contribution in [0.25, 0.3) is 0 Å². The van der Waals surface area contributed by atoms with Crippen LogP contribution in [0.4, 0.5) is 4.79 Å². The van der Waals surface area contributed by atoms with Crippen molar-refractivity contribution in [3.63, 3.8) is 0 Å². The molecule has 6 heteroatoms. The molecule has 1 saturated heterocycles. The van der Waals surface area contributed by atoms with Gasteiger partial charge in [0, 0.05) is 31.6 Å². The SMILES string of the molecule is CC(C)NC(=O)NC1CCN(C(=O)CCCOc2ccccc2)CC1. The first-order valence-corrected chi connectivity index (χ1v) is 9.07. The van der Waals surface area contributed by atoms with E-state index in [1.165, 1.54) is 0 Å². The number of hydrogen-bond acceptors (Lipinski definition) is 3. The quantitative estimate of drug-likeness (QED) is 0.745. The van der Waals surface area contributed by atoms with Crippen molar-refractivity contribution >= 4 is 11.9 Å². The van der Waals surface area contributed by atoms with Gasteiger partial charge >= 0.3 is 6.03 Å². The van der Waals surface area contributed by atoms with Crippen molar-refractivity contribution in [1.82, 2.24) is 15.5 Å². The lowest BCUT2D eigenvalue weighted by atomic mass is 10.0. The van der Waals surface area contributed by atoms with Crippen molar-refractivity contribution in [1.29, 1.82) is 0 Å². The highest BCUT2D eigenvalue weighted by Crippen LogP contribution is 2.13. The maximum absolute atomic E-state index is 12.3. The van der Waals surface area contributed by atoms with Crippen LogP contribution in [0.2, 0.25) is 0 Å². The van der Waals surface area contributed by atoms with Gasteiger partial charge in [0.1, 0.15) is 5.75 Å². The molecule has 25 heavy (non-hydrogen) atoms. The zero-order valence-corrected chi connectivity index (χ0v) is 15.2. The molecule has 3 amide bonds. The number of para-hydroxylation sites is 1. The third-order valence-corrected chi connectivity index (χ3v) is 4.15. The van der Waals surface area contributed by atoms with E-state index in [2.05, 4.69) is 10.6 Å². The van der Waals surface area contributed by atoms with Crippen molar-refractivity contribution < 1.29 is 14.3 Å². The third kappa shape index (κ3) is 7.03. The van der Waals surface area contributed by atoms with Gasteiger partial charge in [0.15, 0.2) is 0 Å². The Bertz CT molecular complexity index is 540. The maximum atomic E-state index is 12.3. The molecule has 1 aliphatic rings. The summed E-state index contributed by atoms with van der Waals surface area (Å²) in [6.45, 7) is 5.81. The molecule has 1 fully saturated rings. The minimum absolute atomic E-state index is 0.125. The largest absolute Gasteiger partial charge is 0.494 e. The number of benzene rings is 1. The number of rotatable bonds is 7. The molecule has 0 radical (unpaired) electrons. The summed E-state index contributed by atoms with van der Waals surface area (Å²) < 4.78 is 5.61. The number of nitrogens with one attached hydrogen (secondary N) is 2. The number of carbonyl (C=O) groups excluding carboxylic acids is 2. The molecule has 0 bridgehead atoms. The summed E-state index contributed by atoms with van der Waals surface area (Å²) in [5.74, 6) is 1.00. The lowest BCUT2D eigenvalue weighted by Crippen LogP contribution is -2.50.